The lowest BCUT2D eigenvalue weighted by Crippen LogP contribution is -2.17. The quantitative estimate of drug-likeness (QED) is 0.436. The molecule has 0 aliphatic rings. The second-order valence-electron chi connectivity index (χ2n) is 7.13. The van der Waals surface area contributed by atoms with E-state index in [1.165, 1.54) is 0 Å². The summed E-state index contributed by atoms with van der Waals surface area (Å²) < 4.78 is 2.98. The van der Waals surface area contributed by atoms with Crippen molar-refractivity contribution in [2.45, 2.75) is 19.9 Å². The van der Waals surface area contributed by atoms with Gasteiger partial charge in [0.25, 0.3) is 5.91 Å². The number of nitrogens with zero attached hydrogens (tertiary/aromatic N) is 4. The Kier molecular flexibility index (Phi) is 5.50. The molecule has 152 valence electrons. The van der Waals surface area contributed by atoms with E-state index in [2.05, 4.69) is 61.1 Å². The monoisotopic (exact) mass is 464 g/mol. The molecule has 0 saturated carbocycles. The SMILES string of the molecule is CNC(=O)c1cc(Br)cc(Nc2nccc(-c3cn(C(C)C)c4cnccc34)n2)c1. The average molecular weight is 465 g/mol. The Bertz CT molecular complexity index is 1230. The Morgan fingerprint density at radius 3 is 2.77 bits per heavy atom. The number of hydrogen-bond acceptors (Lipinski definition) is 5. The molecular formula is C22H21BrN6O. The van der Waals surface area contributed by atoms with Crippen LogP contribution in [0.25, 0.3) is 22.2 Å². The Hall–Kier alpha value is -3.26. The van der Waals surface area contributed by atoms with Gasteiger partial charge >= 0.3 is 0 Å². The van der Waals surface area contributed by atoms with Crippen molar-refractivity contribution in [2.75, 3.05) is 12.4 Å². The molecular weight excluding hydrogens is 444 g/mol. The van der Waals surface area contributed by atoms with E-state index >= 15 is 0 Å². The zero-order chi connectivity index (χ0) is 21.3. The van der Waals surface area contributed by atoms with E-state index in [0.29, 0.717) is 23.2 Å². The van der Waals surface area contributed by atoms with E-state index in [-0.39, 0.29) is 5.91 Å². The summed E-state index contributed by atoms with van der Waals surface area (Å²) in [7, 11) is 1.60. The fraction of sp³-hybridized carbons (Fsp3) is 0.182. The van der Waals surface area contributed by atoms with Gasteiger partial charge in [0.05, 0.1) is 17.4 Å². The summed E-state index contributed by atoms with van der Waals surface area (Å²) in [6, 6.07) is 9.59. The van der Waals surface area contributed by atoms with Gasteiger partial charge in [-0.25, -0.2) is 9.97 Å². The second-order valence-corrected chi connectivity index (χ2v) is 8.05. The normalized spacial score (nSPS) is 11.1. The van der Waals surface area contributed by atoms with Crippen molar-refractivity contribution >= 4 is 44.4 Å². The molecule has 0 aliphatic heterocycles. The molecule has 0 radical (unpaired) electrons. The molecule has 0 spiro atoms. The summed E-state index contributed by atoms with van der Waals surface area (Å²) >= 11 is 3.45. The lowest BCUT2D eigenvalue weighted by molar-refractivity contribution is 0.0963. The van der Waals surface area contributed by atoms with E-state index in [1.807, 2.05) is 24.4 Å². The first-order chi connectivity index (χ1) is 14.5. The molecule has 0 bridgehead atoms. The largest absolute Gasteiger partial charge is 0.355 e. The summed E-state index contributed by atoms with van der Waals surface area (Å²) in [5, 5.41) is 6.92. The van der Waals surface area contributed by atoms with Gasteiger partial charge < -0.3 is 15.2 Å². The molecule has 0 fully saturated rings. The van der Waals surface area contributed by atoms with Crippen LogP contribution in [0.4, 0.5) is 11.6 Å². The first-order valence-electron chi connectivity index (χ1n) is 9.54. The highest BCUT2D eigenvalue weighted by molar-refractivity contribution is 9.10. The van der Waals surface area contributed by atoms with Gasteiger partial charge in [-0.1, -0.05) is 15.9 Å². The number of hydrogen-bond donors (Lipinski definition) is 2. The van der Waals surface area contributed by atoms with Crippen LogP contribution in [-0.2, 0) is 0 Å². The minimum Gasteiger partial charge on any atom is -0.355 e. The number of carbonyl (C=O) groups is 1. The Balaban J connectivity index is 1.72. The van der Waals surface area contributed by atoms with Crippen molar-refractivity contribution in [1.29, 1.82) is 0 Å². The first-order valence-corrected chi connectivity index (χ1v) is 10.3. The minimum atomic E-state index is -0.163. The number of pyridine rings is 1. The highest BCUT2D eigenvalue weighted by Gasteiger charge is 2.14. The molecule has 2 N–H and O–H groups in total. The van der Waals surface area contributed by atoms with E-state index in [0.717, 1.165) is 26.6 Å². The van der Waals surface area contributed by atoms with Crippen molar-refractivity contribution in [3.05, 3.63) is 65.2 Å². The number of benzene rings is 1. The standard InChI is InChI=1S/C22H21BrN6O/c1-13(2)29-12-18(17-4-6-25-11-20(17)29)19-5-7-26-22(28-19)27-16-9-14(21(30)24-3)8-15(23)10-16/h4-13H,1-3H3,(H,24,30)(H,26,27,28). The second kappa shape index (κ2) is 8.23. The minimum absolute atomic E-state index is 0.163. The Labute approximate surface area is 182 Å². The maximum atomic E-state index is 12.0. The van der Waals surface area contributed by atoms with Crippen LogP contribution in [0.5, 0.6) is 0 Å². The number of nitrogens with one attached hydrogen (secondary N) is 2. The van der Waals surface area contributed by atoms with E-state index in [1.54, 1.807) is 31.6 Å². The number of fused-ring (bicyclic) bond motifs is 1. The maximum Gasteiger partial charge on any atom is 0.251 e. The van der Waals surface area contributed by atoms with Gasteiger partial charge in [-0.05, 0) is 44.2 Å². The summed E-state index contributed by atoms with van der Waals surface area (Å²) in [5.41, 5.74) is 4.15. The first kappa shape index (κ1) is 20.0. The van der Waals surface area contributed by atoms with Crippen molar-refractivity contribution in [3.63, 3.8) is 0 Å². The molecule has 1 aromatic carbocycles. The lowest BCUT2D eigenvalue weighted by atomic mass is 10.1. The molecule has 7 nitrogen and oxygen atoms in total. The van der Waals surface area contributed by atoms with Crippen LogP contribution < -0.4 is 10.6 Å². The van der Waals surface area contributed by atoms with E-state index in [9.17, 15) is 4.79 Å². The summed E-state index contributed by atoms with van der Waals surface area (Å²) in [6.45, 7) is 4.28. The zero-order valence-corrected chi connectivity index (χ0v) is 18.4. The van der Waals surface area contributed by atoms with Gasteiger partial charge in [-0.2, -0.15) is 0 Å². The highest BCUT2D eigenvalue weighted by Crippen LogP contribution is 2.31. The van der Waals surface area contributed by atoms with Gasteiger partial charge in [-0.15, -0.1) is 0 Å². The van der Waals surface area contributed by atoms with Crippen LogP contribution in [-0.4, -0.2) is 32.5 Å². The van der Waals surface area contributed by atoms with E-state index in [4.69, 9.17) is 4.98 Å². The van der Waals surface area contributed by atoms with Crippen LogP contribution in [0.3, 0.4) is 0 Å². The number of anilines is 2. The third-order valence-corrected chi connectivity index (χ3v) is 5.23. The number of rotatable bonds is 5. The van der Waals surface area contributed by atoms with Gasteiger partial charge in [0.2, 0.25) is 5.95 Å². The maximum absolute atomic E-state index is 12.0. The number of carbonyl (C=O) groups excluding carboxylic acids is 1. The molecule has 8 heteroatoms. The number of halogens is 1. The number of aromatic nitrogens is 4. The van der Waals surface area contributed by atoms with Crippen LogP contribution in [0.15, 0.2) is 59.6 Å². The fourth-order valence-electron chi connectivity index (χ4n) is 3.36. The molecule has 0 saturated heterocycles. The summed E-state index contributed by atoms with van der Waals surface area (Å²) in [6.07, 6.45) is 7.49. The summed E-state index contributed by atoms with van der Waals surface area (Å²) in [5.74, 6) is 0.289. The molecule has 1 amide bonds. The van der Waals surface area contributed by atoms with Crippen LogP contribution in [0.1, 0.15) is 30.2 Å². The van der Waals surface area contributed by atoms with Gasteiger partial charge in [0.15, 0.2) is 0 Å². The van der Waals surface area contributed by atoms with Gasteiger partial charge in [0, 0.05) is 58.4 Å². The molecule has 0 aliphatic carbocycles. The van der Waals surface area contributed by atoms with Crippen LogP contribution >= 0.6 is 15.9 Å². The highest BCUT2D eigenvalue weighted by atomic mass is 79.9. The van der Waals surface area contributed by atoms with Crippen LogP contribution in [0.2, 0.25) is 0 Å². The smallest absolute Gasteiger partial charge is 0.251 e. The lowest BCUT2D eigenvalue weighted by Gasteiger charge is -2.09. The zero-order valence-electron chi connectivity index (χ0n) is 16.8. The topological polar surface area (TPSA) is 84.7 Å². The third kappa shape index (κ3) is 3.91. The summed E-state index contributed by atoms with van der Waals surface area (Å²) in [4.78, 5) is 25.3. The van der Waals surface area contributed by atoms with Crippen LogP contribution in [0, 0.1) is 0 Å². The van der Waals surface area contributed by atoms with Crippen molar-refractivity contribution in [2.24, 2.45) is 0 Å². The molecule has 3 heterocycles. The molecule has 0 unspecified atom stereocenters. The number of amides is 1. The Morgan fingerprint density at radius 1 is 1.17 bits per heavy atom. The molecule has 0 atom stereocenters. The van der Waals surface area contributed by atoms with Crippen molar-refractivity contribution in [3.8, 4) is 11.3 Å². The molecule has 3 aromatic heterocycles. The van der Waals surface area contributed by atoms with E-state index < -0.39 is 0 Å². The predicted molar refractivity (Wildman–Crippen MR) is 122 cm³/mol. The van der Waals surface area contributed by atoms with Gasteiger partial charge in [-0.3, -0.25) is 9.78 Å². The van der Waals surface area contributed by atoms with Crippen molar-refractivity contribution in [1.82, 2.24) is 24.8 Å². The van der Waals surface area contributed by atoms with Crippen molar-refractivity contribution < 1.29 is 4.79 Å². The predicted octanol–water partition coefficient (Wildman–Crippen LogP) is 4.94. The molecule has 4 aromatic rings. The fourth-order valence-corrected chi connectivity index (χ4v) is 3.86. The molecule has 30 heavy (non-hydrogen) atoms. The molecule has 4 rings (SSSR count). The Morgan fingerprint density at radius 2 is 2.00 bits per heavy atom. The average Bonchev–Trinajstić information content (AvgIpc) is 3.13. The third-order valence-electron chi connectivity index (χ3n) is 4.77. The van der Waals surface area contributed by atoms with Gasteiger partial charge in [0.1, 0.15) is 0 Å².